The van der Waals surface area contributed by atoms with Crippen LogP contribution in [0.1, 0.15) is 41.0 Å². The van der Waals surface area contributed by atoms with E-state index in [0.717, 1.165) is 6.42 Å². The lowest BCUT2D eigenvalue weighted by molar-refractivity contribution is -0.383. The lowest BCUT2D eigenvalue weighted by Crippen LogP contribution is -2.41. The Labute approximate surface area is 143 Å². The Kier molecular flexibility index (Phi) is 5.10. The monoisotopic (exact) mass is 336 g/mol. The first-order valence-corrected chi connectivity index (χ1v) is 8.11. The molecule has 0 bridgehead atoms. The van der Waals surface area contributed by atoms with Gasteiger partial charge in [-0.15, -0.1) is 0 Å². The van der Waals surface area contributed by atoms with E-state index in [9.17, 15) is 10.1 Å². The molecule has 7 nitrogen and oxygen atoms in total. The maximum Gasteiger partial charge on any atom is 0.498 e. The van der Waals surface area contributed by atoms with Gasteiger partial charge in [-0.3, -0.25) is 10.1 Å². The normalized spacial score (nSPS) is 18.5. The van der Waals surface area contributed by atoms with Crippen molar-refractivity contribution in [3.05, 3.63) is 22.2 Å². The summed E-state index contributed by atoms with van der Waals surface area (Å²) in [7, 11) is 0.923. The average Bonchev–Trinajstić information content (AvgIpc) is 2.72. The number of anilines is 1. The van der Waals surface area contributed by atoms with E-state index in [-0.39, 0.29) is 5.69 Å². The molecule has 1 fully saturated rings. The van der Waals surface area contributed by atoms with Crippen molar-refractivity contribution >= 4 is 24.0 Å². The summed E-state index contributed by atoms with van der Waals surface area (Å²) in [5, 5.41) is 14.2. The van der Waals surface area contributed by atoms with Gasteiger partial charge in [0, 0.05) is 24.6 Å². The maximum absolute atomic E-state index is 11.4. The van der Waals surface area contributed by atoms with Crippen molar-refractivity contribution in [3.63, 3.8) is 0 Å². The van der Waals surface area contributed by atoms with Crippen LogP contribution < -0.4 is 15.5 Å². The van der Waals surface area contributed by atoms with Crippen LogP contribution in [0, 0.1) is 10.1 Å². The summed E-state index contributed by atoms with van der Waals surface area (Å²) in [5.74, 6) is 0.533. The van der Waals surface area contributed by atoms with E-state index < -0.39 is 23.2 Å². The minimum Gasteiger partial charge on any atom is -0.494 e. The van der Waals surface area contributed by atoms with Crippen LogP contribution in [0.5, 0.6) is 5.75 Å². The number of hydrogen-bond donors (Lipinski definition) is 1. The topological polar surface area (TPSA) is 82.9 Å². The van der Waals surface area contributed by atoms with Crippen LogP contribution >= 0.6 is 0 Å². The molecule has 1 aliphatic rings. The second-order valence-corrected chi connectivity index (χ2v) is 6.85. The molecule has 0 amide bonds. The van der Waals surface area contributed by atoms with Crippen molar-refractivity contribution in [2.45, 2.75) is 52.2 Å². The SMILES string of the molecule is CCCOc1cc(NC)c([N+](=O)[O-])cc1B1OC(C)(C)C(C)(C)O1. The summed E-state index contributed by atoms with van der Waals surface area (Å²) in [6.07, 6.45) is 0.828. The van der Waals surface area contributed by atoms with E-state index >= 15 is 0 Å². The number of nitrogens with zero attached hydrogens (tertiary/aromatic N) is 1. The molecule has 24 heavy (non-hydrogen) atoms. The summed E-state index contributed by atoms with van der Waals surface area (Å²) in [6.45, 7) is 10.3. The quantitative estimate of drug-likeness (QED) is 0.489. The minimum atomic E-state index is -0.716. The van der Waals surface area contributed by atoms with Crippen LogP contribution in [0.4, 0.5) is 11.4 Å². The third-order valence-corrected chi connectivity index (χ3v) is 4.56. The first-order chi connectivity index (χ1) is 11.1. The molecule has 0 aliphatic carbocycles. The van der Waals surface area contributed by atoms with Gasteiger partial charge in [-0.25, -0.2) is 0 Å². The molecule has 1 saturated heterocycles. The van der Waals surface area contributed by atoms with Gasteiger partial charge in [0.05, 0.1) is 22.7 Å². The van der Waals surface area contributed by atoms with E-state index in [2.05, 4.69) is 5.32 Å². The fourth-order valence-corrected chi connectivity index (χ4v) is 2.43. The molecule has 2 rings (SSSR count). The highest BCUT2D eigenvalue weighted by Gasteiger charge is 2.53. The Morgan fingerprint density at radius 1 is 1.25 bits per heavy atom. The summed E-state index contributed by atoms with van der Waals surface area (Å²) in [6, 6.07) is 3.10. The van der Waals surface area contributed by atoms with Gasteiger partial charge in [-0.2, -0.15) is 0 Å². The van der Waals surface area contributed by atoms with Crippen molar-refractivity contribution in [1.82, 2.24) is 0 Å². The Bertz CT molecular complexity index is 617. The number of ether oxygens (including phenoxy) is 1. The van der Waals surface area contributed by atoms with Gasteiger partial charge in [0.1, 0.15) is 11.4 Å². The Morgan fingerprint density at radius 3 is 2.29 bits per heavy atom. The zero-order chi connectivity index (χ0) is 18.1. The zero-order valence-electron chi connectivity index (χ0n) is 15.1. The van der Waals surface area contributed by atoms with Crippen molar-refractivity contribution in [2.24, 2.45) is 0 Å². The van der Waals surface area contributed by atoms with Gasteiger partial charge >= 0.3 is 7.12 Å². The van der Waals surface area contributed by atoms with Crippen LogP contribution in [-0.4, -0.2) is 36.9 Å². The first kappa shape index (κ1) is 18.5. The van der Waals surface area contributed by atoms with Gasteiger partial charge in [0.25, 0.3) is 5.69 Å². The standard InChI is InChI=1S/C16H25BN2O5/c1-7-8-22-14-10-12(18-6)13(19(20)21)9-11(14)17-23-15(2,3)16(4,5)24-17/h9-10,18H,7-8H2,1-6H3. The smallest absolute Gasteiger partial charge is 0.494 e. The lowest BCUT2D eigenvalue weighted by atomic mass is 9.78. The van der Waals surface area contributed by atoms with Gasteiger partial charge in [-0.05, 0) is 34.1 Å². The van der Waals surface area contributed by atoms with Gasteiger partial charge in [0.2, 0.25) is 0 Å². The summed E-state index contributed by atoms with van der Waals surface area (Å²) >= 11 is 0. The van der Waals surface area contributed by atoms with Gasteiger partial charge < -0.3 is 19.4 Å². The van der Waals surface area contributed by atoms with Crippen molar-refractivity contribution in [1.29, 1.82) is 0 Å². The van der Waals surface area contributed by atoms with Gasteiger partial charge in [-0.1, -0.05) is 6.92 Å². The first-order valence-electron chi connectivity index (χ1n) is 8.11. The van der Waals surface area contributed by atoms with E-state index in [1.54, 1.807) is 13.1 Å². The maximum atomic E-state index is 11.4. The molecule has 1 aromatic carbocycles. The van der Waals surface area contributed by atoms with Crippen molar-refractivity contribution < 1.29 is 19.0 Å². The van der Waals surface area contributed by atoms with Crippen molar-refractivity contribution in [2.75, 3.05) is 19.0 Å². The molecule has 0 saturated carbocycles. The largest absolute Gasteiger partial charge is 0.498 e. The van der Waals surface area contributed by atoms with Crippen LogP contribution in [0.15, 0.2) is 12.1 Å². The number of nitrogens with one attached hydrogen (secondary N) is 1. The highest BCUT2D eigenvalue weighted by Crippen LogP contribution is 2.38. The number of nitro benzene ring substituents is 1. The summed E-state index contributed by atoms with van der Waals surface area (Å²) in [5.41, 5.74) is -0.169. The molecule has 0 radical (unpaired) electrons. The molecule has 8 heteroatoms. The van der Waals surface area contributed by atoms with Crippen LogP contribution in [0.2, 0.25) is 0 Å². The second kappa shape index (κ2) is 6.60. The van der Waals surface area contributed by atoms with E-state index in [1.807, 2.05) is 34.6 Å². The molecule has 1 aliphatic heterocycles. The zero-order valence-corrected chi connectivity index (χ0v) is 15.1. The Balaban J connectivity index is 2.50. The molecule has 0 unspecified atom stereocenters. The number of nitro groups is 1. The summed E-state index contributed by atoms with van der Waals surface area (Å²) in [4.78, 5) is 10.9. The molecular formula is C16H25BN2O5. The highest BCUT2D eigenvalue weighted by atomic mass is 16.7. The van der Waals surface area contributed by atoms with Crippen LogP contribution in [0.25, 0.3) is 0 Å². The van der Waals surface area contributed by atoms with E-state index in [1.165, 1.54) is 6.07 Å². The molecule has 1 heterocycles. The van der Waals surface area contributed by atoms with E-state index in [4.69, 9.17) is 14.0 Å². The predicted octanol–water partition coefficient (Wildman–Crippen LogP) is 2.72. The van der Waals surface area contributed by atoms with Crippen LogP contribution in [0.3, 0.4) is 0 Å². The predicted molar refractivity (Wildman–Crippen MR) is 94.1 cm³/mol. The van der Waals surface area contributed by atoms with E-state index in [0.29, 0.717) is 23.5 Å². The number of hydrogen-bond acceptors (Lipinski definition) is 6. The third-order valence-electron chi connectivity index (χ3n) is 4.56. The molecule has 0 atom stereocenters. The number of rotatable bonds is 6. The molecule has 1 aromatic rings. The fraction of sp³-hybridized carbons (Fsp3) is 0.625. The van der Waals surface area contributed by atoms with Crippen LogP contribution in [-0.2, 0) is 9.31 Å². The van der Waals surface area contributed by atoms with Crippen molar-refractivity contribution in [3.8, 4) is 5.75 Å². The third kappa shape index (κ3) is 3.34. The molecule has 0 spiro atoms. The lowest BCUT2D eigenvalue weighted by Gasteiger charge is -2.32. The molecule has 0 aromatic heterocycles. The van der Waals surface area contributed by atoms with Gasteiger partial charge in [0.15, 0.2) is 0 Å². The Morgan fingerprint density at radius 2 is 1.83 bits per heavy atom. The molecule has 132 valence electrons. The average molecular weight is 336 g/mol. The molecule has 1 N–H and O–H groups in total. The fourth-order valence-electron chi connectivity index (χ4n) is 2.43. The minimum absolute atomic E-state index is 0.0361. The highest BCUT2D eigenvalue weighted by molar-refractivity contribution is 6.63. The number of benzene rings is 1. The second-order valence-electron chi connectivity index (χ2n) is 6.85. The Hall–Kier alpha value is -1.80. The molecular weight excluding hydrogens is 311 g/mol. The summed E-state index contributed by atoms with van der Waals surface area (Å²) < 4.78 is 17.9.